The van der Waals surface area contributed by atoms with Gasteiger partial charge in [-0.25, -0.2) is 0 Å². The van der Waals surface area contributed by atoms with Crippen molar-refractivity contribution in [1.29, 1.82) is 10.7 Å². The molecule has 1 heterocycles. The van der Waals surface area contributed by atoms with Crippen LogP contribution in [0.1, 0.15) is 51.4 Å². The molecule has 5 rings (SSSR count). The van der Waals surface area contributed by atoms with E-state index in [2.05, 4.69) is 16.4 Å². The third-order valence-electron chi connectivity index (χ3n) is 7.03. The van der Waals surface area contributed by atoms with E-state index >= 15 is 0 Å². The lowest BCUT2D eigenvalue weighted by Gasteiger charge is -2.60. The summed E-state index contributed by atoms with van der Waals surface area (Å²) < 4.78 is 0. The number of carbonyl (C=O) groups is 1. The molecule has 0 aromatic heterocycles. The van der Waals surface area contributed by atoms with Gasteiger partial charge in [-0.3, -0.25) is 10.2 Å². The molecular formula is C21H36N8O2. The van der Waals surface area contributed by atoms with Crippen molar-refractivity contribution in [1.82, 2.24) is 15.1 Å². The number of nitrogens with two attached hydrogens (primary N) is 2. The third kappa shape index (κ3) is 5.46. The fraction of sp³-hybridized carbons (Fsp3) is 0.810. The highest BCUT2D eigenvalue weighted by Gasteiger charge is 2.57. The van der Waals surface area contributed by atoms with Gasteiger partial charge in [-0.05, 0) is 63.2 Å². The Balaban J connectivity index is 0.000000259. The van der Waals surface area contributed by atoms with Gasteiger partial charge in [0, 0.05) is 26.2 Å². The number of rotatable bonds is 3. The van der Waals surface area contributed by atoms with Crippen LogP contribution in [0.15, 0.2) is 4.99 Å². The van der Waals surface area contributed by atoms with E-state index < -0.39 is 5.60 Å². The van der Waals surface area contributed by atoms with Gasteiger partial charge in [0.1, 0.15) is 6.04 Å². The Kier molecular flexibility index (Phi) is 6.76. The number of nitrogens with one attached hydrogen (secondary N) is 2. The number of nitriles is 1. The van der Waals surface area contributed by atoms with Gasteiger partial charge in [-0.15, -0.1) is 0 Å². The van der Waals surface area contributed by atoms with Gasteiger partial charge in [-0.2, -0.15) is 10.3 Å². The van der Waals surface area contributed by atoms with Crippen molar-refractivity contribution in [3.8, 4) is 6.07 Å². The van der Waals surface area contributed by atoms with Crippen molar-refractivity contribution in [2.45, 2.75) is 68.5 Å². The monoisotopic (exact) mass is 432 g/mol. The molecule has 4 saturated carbocycles. The molecule has 5 fully saturated rings. The molecule has 1 aliphatic heterocycles. The van der Waals surface area contributed by atoms with Crippen LogP contribution in [0.2, 0.25) is 0 Å². The molecule has 5 atom stereocenters. The first-order valence-electron chi connectivity index (χ1n) is 11.1. The van der Waals surface area contributed by atoms with Crippen LogP contribution in [0.3, 0.4) is 0 Å². The van der Waals surface area contributed by atoms with Gasteiger partial charge in [0.2, 0.25) is 11.9 Å². The second kappa shape index (κ2) is 9.01. The maximum atomic E-state index is 12.4. The first-order valence-corrected chi connectivity index (χ1v) is 11.1. The number of hydrogen-bond acceptors (Lipinski definition) is 5. The second-order valence-corrected chi connectivity index (χ2v) is 9.95. The first kappa shape index (κ1) is 23.3. The molecule has 10 nitrogen and oxygen atoms in total. The second-order valence-electron chi connectivity index (χ2n) is 9.95. The summed E-state index contributed by atoms with van der Waals surface area (Å²) in [4.78, 5) is 19.1. The van der Waals surface area contributed by atoms with Crippen LogP contribution in [-0.4, -0.2) is 77.1 Å². The van der Waals surface area contributed by atoms with E-state index in [4.69, 9.17) is 22.1 Å². The number of aliphatic imine (C=N–C) groups is 1. The quantitative estimate of drug-likeness (QED) is 0.307. The van der Waals surface area contributed by atoms with Gasteiger partial charge in [0.25, 0.3) is 0 Å². The summed E-state index contributed by atoms with van der Waals surface area (Å²) in [6, 6.07) is 1.99. The fourth-order valence-electron chi connectivity index (χ4n) is 6.21. The molecule has 0 aromatic rings. The highest BCUT2D eigenvalue weighted by Crippen LogP contribution is 2.57. The molecule has 7 N–H and O–H groups in total. The average molecular weight is 433 g/mol. The molecule has 172 valence electrons. The molecule has 5 aliphatic rings. The smallest absolute Gasteiger partial charge is 0.237 e. The number of guanidine groups is 2. The van der Waals surface area contributed by atoms with Crippen molar-refractivity contribution < 1.29 is 9.90 Å². The van der Waals surface area contributed by atoms with Crippen LogP contribution in [0.25, 0.3) is 0 Å². The number of aliphatic hydroxyl groups is 1. The lowest BCUT2D eigenvalue weighted by molar-refractivity contribution is -0.147. The predicted octanol–water partition coefficient (Wildman–Crippen LogP) is -0.0695. The predicted molar refractivity (Wildman–Crippen MR) is 118 cm³/mol. The van der Waals surface area contributed by atoms with E-state index in [1.54, 1.807) is 19.0 Å². The maximum Gasteiger partial charge on any atom is 0.237 e. The van der Waals surface area contributed by atoms with E-state index in [1.807, 2.05) is 0 Å². The summed E-state index contributed by atoms with van der Waals surface area (Å²) in [7, 11) is 3.38. The third-order valence-corrected chi connectivity index (χ3v) is 7.03. The Labute approximate surface area is 184 Å². The highest BCUT2D eigenvalue weighted by molar-refractivity contribution is 5.91. The van der Waals surface area contributed by atoms with Crippen LogP contribution in [0, 0.1) is 28.6 Å². The maximum absolute atomic E-state index is 12.4. The van der Waals surface area contributed by atoms with Gasteiger partial charge in [-0.1, -0.05) is 0 Å². The fourth-order valence-corrected chi connectivity index (χ4v) is 6.21. The van der Waals surface area contributed by atoms with Gasteiger partial charge < -0.3 is 31.7 Å². The number of amides is 1. The molecule has 2 unspecified atom stereocenters. The molecular weight excluding hydrogens is 396 g/mol. The van der Waals surface area contributed by atoms with Crippen molar-refractivity contribution >= 4 is 17.8 Å². The number of carbonyl (C=O) groups excluding carboxylic acids is 1. The number of hydrogen-bond donors (Lipinski definition) is 5. The zero-order chi connectivity index (χ0) is 22.8. The highest BCUT2D eigenvalue weighted by atomic mass is 16.3. The van der Waals surface area contributed by atoms with Crippen molar-refractivity contribution in [2.24, 2.45) is 28.3 Å². The number of nitrogens with zero attached hydrogens (tertiary/aromatic N) is 4. The molecule has 0 radical (unpaired) electrons. The van der Waals surface area contributed by atoms with Crippen LogP contribution in [0.4, 0.5) is 0 Å². The Hall–Kier alpha value is -2.38. The lowest BCUT2D eigenvalue weighted by Crippen LogP contribution is -2.65. The molecule has 4 aliphatic carbocycles. The Morgan fingerprint density at radius 3 is 2.45 bits per heavy atom. The Bertz CT molecular complexity index is 756. The molecule has 0 aromatic carbocycles. The summed E-state index contributed by atoms with van der Waals surface area (Å²) in [5.74, 6) is 1.25. The normalized spacial score (nSPS) is 35.0. The van der Waals surface area contributed by atoms with E-state index in [0.29, 0.717) is 24.9 Å². The molecule has 0 spiro atoms. The molecule has 4 bridgehead atoms. The SMILES string of the molecule is CN(C)C(=N)N=C(N)N.N#C[C@@H]1CCCN1C(=O)CNC12C[C@@H]3C[C@@H](CC(O)(C3)C1)C2. The van der Waals surface area contributed by atoms with Crippen LogP contribution in [0.5, 0.6) is 0 Å². The Morgan fingerprint density at radius 2 is 1.97 bits per heavy atom. The summed E-state index contributed by atoms with van der Waals surface area (Å²) in [5.41, 5.74) is 9.44. The largest absolute Gasteiger partial charge is 0.390 e. The van der Waals surface area contributed by atoms with Crippen LogP contribution in [-0.2, 0) is 4.79 Å². The van der Waals surface area contributed by atoms with E-state index in [0.717, 1.165) is 44.9 Å². The molecule has 1 saturated heterocycles. The van der Waals surface area contributed by atoms with E-state index in [-0.39, 0.29) is 29.4 Å². The standard InChI is InChI=1S/C17H25N3O2.C4H11N5/c18-9-14-2-1-3-20(14)15(21)10-19-16-5-12-4-13(6-16)8-17(22,7-12)11-16;1-9(2)4(7)8-3(5)6/h12-14,19,22H,1-8,10-11H2;1-2H3,(H5,5,6,7,8)/t12-,13+,14-,16?,17?;/m0./s1. The zero-order valence-electron chi connectivity index (χ0n) is 18.6. The van der Waals surface area contributed by atoms with Crippen molar-refractivity contribution in [3.05, 3.63) is 0 Å². The molecule has 31 heavy (non-hydrogen) atoms. The lowest BCUT2D eigenvalue weighted by atomic mass is 9.51. The number of likely N-dealkylation sites (tertiary alicyclic amines) is 1. The van der Waals surface area contributed by atoms with Crippen LogP contribution >= 0.6 is 0 Å². The van der Waals surface area contributed by atoms with Gasteiger partial charge in [0.15, 0.2) is 5.96 Å². The van der Waals surface area contributed by atoms with Gasteiger partial charge >= 0.3 is 0 Å². The summed E-state index contributed by atoms with van der Waals surface area (Å²) in [6.45, 7) is 1.02. The summed E-state index contributed by atoms with van der Waals surface area (Å²) in [6.07, 6.45) is 7.87. The van der Waals surface area contributed by atoms with Crippen molar-refractivity contribution in [2.75, 3.05) is 27.2 Å². The minimum absolute atomic E-state index is 0.0453. The van der Waals surface area contributed by atoms with E-state index in [9.17, 15) is 9.90 Å². The zero-order valence-corrected chi connectivity index (χ0v) is 18.6. The van der Waals surface area contributed by atoms with Gasteiger partial charge in [0.05, 0.1) is 18.2 Å². The van der Waals surface area contributed by atoms with E-state index in [1.165, 1.54) is 11.3 Å². The molecule has 1 amide bonds. The van der Waals surface area contributed by atoms with Crippen LogP contribution < -0.4 is 16.8 Å². The minimum atomic E-state index is -0.497. The molecule has 10 heteroatoms. The minimum Gasteiger partial charge on any atom is -0.390 e. The first-order chi connectivity index (χ1) is 14.5. The summed E-state index contributed by atoms with van der Waals surface area (Å²) in [5, 5.41) is 30.4. The van der Waals surface area contributed by atoms with Crippen molar-refractivity contribution in [3.63, 3.8) is 0 Å². The Morgan fingerprint density at radius 1 is 1.32 bits per heavy atom. The topological polar surface area (TPSA) is 168 Å². The average Bonchev–Trinajstić information content (AvgIpc) is 3.13. The summed E-state index contributed by atoms with van der Waals surface area (Å²) >= 11 is 0.